The van der Waals surface area contributed by atoms with Crippen LogP contribution in [0.3, 0.4) is 0 Å². The molecular weight excluding hydrogens is 170 g/mol. The van der Waals surface area contributed by atoms with Gasteiger partial charge in [0.15, 0.2) is 0 Å². The summed E-state index contributed by atoms with van der Waals surface area (Å²) in [5, 5.41) is 2.52. The molecule has 5 heteroatoms. The molecule has 1 atom stereocenters. The lowest BCUT2D eigenvalue weighted by Gasteiger charge is -2.18. The van der Waals surface area contributed by atoms with Crippen molar-refractivity contribution in [3.05, 3.63) is 0 Å². The third-order valence-electron chi connectivity index (χ3n) is 1.66. The number of rotatable bonds is 5. The molecule has 0 aromatic heterocycles. The molecule has 0 saturated heterocycles. The minimum absolute atomic E-state index is 0.000718. The van der Waals surface area contributed by atoms with Crippen molar-refractivity contribution in [3.63, 3.8) is 0 Å². The quantitative estimate of drug-likeness (QED) is 0.512. The van der Waals surface area contributed by atoms with Gasteiger partial charge in [-0.2, -0.15) is 0 Å². The van der Waals surface area contributed by atoms with Crippen molar-refractivity contribution in [1.82, 2.24) is 5.32 Å². The minimum Gasteiger partial charge on any atom is -0.368 e. The molecule has 0 aromatic carbocycles. The Bertz CT molecular complexity index is 192. The molecule has 0 aliphatic heterocycles. The Morgan fingerprint density at radius 1 is 1.38 bits per heavy atom. The van der Waals surface area contributed by atoms with E-state index in [1.165, 1.54) is 0 Å². The Balaban J connectivity index is 4.10. The van der Waals surface area contributed by atoms with Crippen molar-refractivity contribution >= 4 is 11.8 Å². The Morgan fingerprint density at radius 2 is 1.92 bits per heavy atom. The van der Waals surface area contributed by atoms with Gasteiger partial charge in [-0.05, 0) is 5.92 Å². The van der Waals surface area contributed by atoms with E-state index in [0.29, 0.717) is 0 Å². The molecule has 0 radical (unpaired) electrons. The second-order valence-electron chi connectivity index (χ2n) is 3.23. The first-order valence-electron chi connectivity index (χ1n) is 4.27. The van der Waals surface area contributed by atoms with Crippen LogP contribution in [0.25, 0.3) is 0 Å². The smallest absolute Gasteiger partial charge is 0.240 e. The zero-order valence-electron chi connectivity index (χ0n) is 8.04. The molecule has 0 bridgehead atoms. The first kappa shape index (κ1) is 11.9. The average Bonchev–Trinajstić information content (AvgIpc) is 1.99. The van der Waals surface area contributed by atoms with Gasteiger partial charge in [-0.15, -0.1) is 0 Å². The Labute approximate surface area is 77.8 Å². The maximum absolute atomic E-state index is 11.1. The molecule has 0 aromatic rings. The van der Waals surface area contributed by atoms with Gasteiger partial charge in [-0.3, -0.25) is 9.59 Å². The van der Waals surface area contributed by atoms with Gasteiger partial charge >= 0.3 is 0 Å². The summed E-state index contributed by atoms with van der Waals surface area (Å²) in [6.45, 7) is 3.91. The lowest BCUT2D eigenvalue weighted by molar-refractivity contribution is -0.128. The molecule has 13 heavy (non-hydrogen) atoms. The zero-order chi connectivity index (χ0) is 10.4. The summed E-state index contributed by atoms with van der Waals surface area (Å²) in [5.41, 5.74) is 10.3. The molecular formula is C8H17N3O2. The van der Waals surface area contributed by atoms with Crippen molar-refractivity contribution in [2.24, 2.45) is 17.4 Å². The van der Waals surface area contributed by atoms with Gasteiger partial charge in [0.05, 0.1) is 0 Å². The number of amides is 2. The number of primary amides is 1. The van der Waals surface area contributed by atoms with E-state index in [-0.39, 0.29) is 24.8 Å². The summed E-state index contributed by atoms with van der Waals surface area (Å²) >= 11 is 0. The molecule has 2 amide bonds. The highest BCUT2D eigenvalue weighted by molar-refractivity contribution is 5.86. The van der Waals surface area contributed by atoms with Crippen LogP contribution in [0.15, 0.2) is 0 Å². The maximum Gasteiger partial charge on any atom is 0.240 e. The Kier molecular flexibility index (Phi) is 5.06. The molecule has 1 unspecified atom stereocenters. The molecule has 0 spiro atoms. The highest BCUT2D eigenvalue weighted by Crippen LogP contribution is 2.00. The predicted molar refractivity (Wildman–Crippen MR) is 49.6 cm³/mol. The summed E-state index contributed by atoms with van der Waals surface area (Å²) in [6, 6.07) is -0.598. The molecule has 5 N–H and O–H groups in total. The molecule has 76 valence electrons. The first-order valence-corrected chi connectivity index (χ1v) is 4.27. The normalized spacial score (nSPS) is 12.6. The summed E-state index contributed by atoms with van der Waals surface area (Å²) < 4.78 is 0. The molecule has 0 saturated carbocycles. The Hall–Kier alpha value is -1.10. The van der Waals surface area contributed by atoms with Crippen LogP contribution in [-0.2, 0) is 9.59 Å². The van der Waals surface area contributed by atoms with E-state index in [2.05, 4.69) is 5.32 Å². The number of hydrogen-bond donors (Lipinski definition) is 3. The molecule has 0 heterocycles. The minimum atomic E-state index is -0.598. The van der Waals surface area contributed by atoms with Gasteiger partial charge in [0, 0.05) is 13.0 Å². The fourth-order valence-electron chi connectivity index (χ4n) is 0.943. The fourth-order valence-corrected chi connectivity index (χ4v) is 0.943. The maximum atomic E-state index is 11.1. The number of hydrogen-bond acceptors (Lipinski definition) is 3. The van der Waals surface area contributed by atoms with E-state index >= 15 is 0 Å². The van der Waals surface area contributed by atoms with Crippen LogP contribution in [0.2, 0.25) is 0 Å². The second-order valence-corrected chi connectivity index (χ2v) is 3.23. The largest absolute Gasteiger partial charge is 0.368 e. The highest BCUT2D eigenvalue weighted by Gasteiger charge is 2.20. The van der Waals surface area contributed by atoms with Crippen LogP contribution in [0.5, 0.6) is 0 Å². The van der Waals surface area contributed by atoms with Crippen molar-refractivity contribution in [3.8, 4) is 0 Å². The summed E-state index contributed by atoms with van der Waals surface area (Å²) in [4.78, 5) is 21.9. The van der Waals surface area contributed by atoms with E-state index in [1.807, 2.05) is 13.8 Å². The van der Waals surface area contributed by atoms with Crippen LogP contribution in [0, 0.1) is 5.92 Å². The Morgan fingerprint density at radius 3 is 2.23 bits per heavy atom. The van der Waals surface area contributed by atoms with E-state index in [0.717, 1.165) is 0 Å². The molecule has 0 rings (SSSR count). The van der Waals surface area contributed by atoms with Crippen LogP contribution in [0.1, 0.15) is 20.3 Å². The van der Waals surface area contributed by atoms with E-state index in [9.17, 15) is 9.59 Å². The third-order valence-corrected chi connectivity index (χ3v) is 1.66. The average molecular weight is 187 g/mol. The standard InChI is InChI=1S/C8H17N3O2/c1-5(2)7(8(10)13)11-6(12)3-4-9/h5,7H,3-4,9H2,1-2H3,(H2,10,13)(H,11,12). The fraction of sp³-hybridized carbons (Fsp3) is 0.750. The molecule has 0 aliphatic rings. The third kappa shape index (κ3) is 4.47. The number of nitrogens with two attached hydrogens (primary N) is 2. The number of carbonyl (C=O) groups is 2. The lowest BCUT2D eigenvalue weighted by Crippen LogP contribution is -2.48. The van der Waals surface area contributed by atoms with E-state index in [4.69, 9.17) is 11.5 Å². The highest BCUT2D eigenvalue weighted by atomic mass is 16.2. The molecule has 0 fully saturated rings. The topological polar surface area (TPSA) is 98.2 Å². The second kappa shape index (κ2) is 5.53. The SMILES string of the molecule is CC(C)C(NC(=O)CCN)C(N)=O. The van der Waals surface area contributed by atoms with Crippen LogP contribution in [-0.4, -0.2) is 24.4 Å². The first-order chi connectivity index (χ1) is 5.99. The van der Waals surface area contributed by atoms with Crippen molar-refractivity contribution in [2.75, 3.05) is 6.54 Å². The van der Waals surface area contributed by atoms with Gasteiger partial charge in [0.1, 0.15) is 6.04 Å². The van der Waals surface area contributed by atoms with Gasteiger partial charge in [-0.25, -0.2) is 0 Å². The predicted octanol–water partition coefficient (Wildman–Crippen LogP) is -1.04. The zero-order valence-corrected chi connectivity index (χ0v) is 8.04. The van der Waals surface area contributed by atoms with Crippen molar-refractivity contribution in [2.45, 2.75) is 26.3 Å². The van der Waals surface area contributed by atoms with Gasteiger partial charge in [0.25, 0.3) is 0 Å². The van der Waals surface area contributed by atoms with E-state index in [1.54, 1.807) is 0 Å². The summed E-state index contributed by atoms with van der Waals surface area (Å²) in [7, 11) is 0. The molecule has 0 aliphatic carbocycles. The lowest BCUT2D eigenvalue weighted by atomic mass is 10.0. The monoisotopic (exact) mass is 187 g/mol. The van der Waals surface area contributed by atoms with Gasteiger partial charge in [-0.1, -0.05) is 13.8 Å². The van der Waals surface area contributed by atoms with Gasteiger partial charge < -0.3 is 16.8 Å². The van der Waals surface area contributed by atoms with Crippen LogP contribution < -0.4 is 16.8 Å². The van der Waals surface area contributed by atoms with E-state index < -0.39 is 11.9 Å². The van der Waals surface area contributed by atoms with Crippen LogP contribution in [0.4, 0.5) is 0 Å². The summed E-state index contributed by atoms with van der Waals surface area (Å²) in [5.74, 6) is -0.750. The van der Waals surface area contributed by atoms with Gasteiger partial charge in [0.2, 0.25) is 11.8 Å². The summed E-state index contributed by atoms with van der Waals surface area (Å²) in [6.07, 6.45) is 0.219. The molecule has 5 nitrogen and oxygen atoms in total. The van der Waals surface area contributed by atoms with Crippen LogP contribution >= 0.6 is 0 Å². The number of nitrogens with one attached hydrogen (secondary N) is 1. The van der Waals surface area contributed by atoms with Crippen molar-refractivity contribution in [1.29, 1.82) is 0 Å². The van der Waals surface area contributed by atoms with Crippen molar-refractivity contribution < 1.29 is 9.59 Å². The number of carbonyl (C=O) groups excluding carboxylic acids is 2.